The van der Waals surface area contributed by atoms with E-state index in [-0.39, 0.29) is 17.6 Å². The van der Waals surface area contributed by atoms with Gasteiger partial charge in [-0.25, -0.2) is 14.3 Å². The maximum Gasteiger partial charge on any atom is 0.346 e. The second-order valence-electron chi connectivity index (χ2n) is 9.09. The Labute approximate surface area is 205 Å². The van der Waals surface area contributed by atoms with Crippen LogP contribution >= 0.6 is 0 Å². The van der Waals surface area contributed by atoms with Gasteiger partial charge in [0.2, 0.25) is 0 Å². The van der Waals surface area contributed by atoms with Crippen LogP contribution in [0.15, 0.2) is 77.6 Å². The number of fused-ring (bicyclic) bond motifs is 1. The Morgan fingerprint density at radius 1 is 0.971 bits per heavy atom. The van der Waals surface area contributed by atoms with Gasteiger partial charge in [-0.05, 0) is 41.7 Å². The summed E-state index contributed by atoms with van der Waals surface area (Å²) in [5.74, 6) is 1.01. The number of nitrogens with one attached hydrogen (secondary N) is 1. The average molecular weight is 470 g/mol. The maximum atomic E-state index is 12.9. The molecular weight excluding hydrogens is 438 g/mol. The van der Waals surface area contributed by atoms with Crippen molar-refractivity contribution in [3.8, 4) is 0 Å². The predicted octanol–water partition coefficient (Wildman–Crippen LogP) is 4.36. The van der Waals surface area contributed by atoms with Gasteiger partial charge in [-0.1, -0.05) is 72.8 Å². The van der Waals surface area contributed by atoms with Crippen LogP contribution in [0.25, 0.3) is 10.8 Å². The van der Waals surface area contributed by atoms with Crippen molar-refractivity contribution in [2.24, 2.45) is 0 Å². The number of benzene rings is 3. The number of hydrogen-bond acceptors (Lipinski definition) is 3. The molecule has 0 bridgehead atoms. The number of amides is 2. The van der Waals surface area contributed by atoms with Gasteiger partial charge in [-0.3, -0.25) is 4.57 Å². The lowest BCUT2D eigenvalue weighted by Crippen LogP contribution is -2.44. The zero-order chi connectivity index (χ0) is 24.2. The normalized spacial score (nSPS) is 14.4. The molecule has 0 atom stereocenters. The van der Waals surface area contributed by atoms with Crippen LogP contribution in [0.4, 0.5) is 4.79 Å². The highest BCUT2D eigenvalue weighted by Crippen LogP contribution is 2.26. The van der Waals surface area contributed by atoms with Crippen LogP contribution in [0.5, 0.6) is 0 Å². The van der Waals surface area contributed by atoms with Gasteiger partial charge in [0.25, 0.3) is 0 Å². The number of aromatic nitrogens is 3. The van der Waals surface area contributed by atoms with Crippen molar-refractivity contribution in [2.45, 2.75) is 45.3 Å². The van der Waals surface area contributed by atoms with Crippen molar-refractivity contribution >= 4 is 16.8 Å². The van der Waals surface area contributed by atoms with E-state index < -0.39 is 0 Å². The SMILES string of the molecule is CCn1c(C2CCN(C(=O)NCc3cccc4ccccc34)CC2)nn(Cc2ccccc2)c1=O. The number of urea groups is 1. The molecule has 1 fully saturated rings. The fraction of sp³-hybridized carbons (Fsp3) is 0.321. The van der Waals surface area contributed by atoms with E-state index in [1.165, 1.54) is 5.39 Å². The lowest BCUT2D eigenvalue weighted by molar-refractivity contribution is 0.179. The molecule has 0 saturated carbocycles. The summed E-state index contributed by atoms with van der Waals surface area (Å²) >= 11 is 0. The number of piperidine rings is 1. The maximum absolute atomic E-state index is 12.9. The quantitative estimate of drug-likeness (QED) is 0.456. The van der Waals surface area contributed by atoms with Gasteiger partial charge in [0, 0.05) is 32.1 Å². The molecule has 2 heterocycles. The van der Waals surface area contributed by atoms with Crippen molar-refractivity contribution < 1.29 is 4.79 Å². The zero-order valence-electron chi connectivity index (χ0n) is 20.1. The Morgan fingerprint density at radius 3 is 2.46 bits per heavy atom. The van der Waals surface area contributed by atoms with Crippen molar-refractivity contribution in [3.05, 3.63) is 100 Å². The molecule has 0 aliphatic carbocycles. The number of likely N-dealkylation sites (tertiary alicyclic amines) is 1. The van der Waals surface area contributed by atoms with Gasteiger partial charge in [-0.2, -0.15) is 5.10 Å². The van der Waals surface area contributed by atoms with Gasteiger partial charge in [-0.15, -0.1) is 0 Å². The van der Waals surface area contributed by atoms with Crippen LogP contribution in [-0.4, -0.2) is 38.4 Å². The highest BCUT2D eigenvalue weighted by molar-refractivity contribution is 5.86. The predicted molar refractivity (Wildman–Crippen MR) is 137 cm³/mol. The Balaban J connectivity index is 1.22. The molecule has 1 aliphatic heterocycles. The Kier molecular flexibility index (Phi) is 6.66. The first-order valence-corrected chi connectivity index (χ1v) is 12.3. The van der Waals surface area contributed by atoms with E-state index in [0.29, 0.717) is 32.7 Å². The molecule has 0 spiro atoms. The minimum absolute atomic E-state index is 0.0427. The van der Waals surface area contributed by atoms with Crippen LogP contribution in [0.2, 0.25) is 0 Å². The first kappa shape index (κ1) is 22.9. The fourth-order valence-electron chi connectivity index (χ4n) is 4.99. The molecule has 7 nitrogen and oxygen atoms in total. The minimum atomic E-state index is -0.0680. The molecule has 7 heteroatoms. The number of nitrogens with zero attached hydrogens (tertiary/aromatic N) is 4. The molecule has 4 aromatic rings. The molecule has 3 aromatic carbocycles. The van der Waals surface area contributed by atoms with Gasteiger partial charge in [0.05, 0.1) is 6.54 Å². The second-order valence-corrected chi connectivity index (χ2v) is 9.09. The molecule has 0 unspecified atom stereocenters. The Hall–Kier alpha value is -3.87. The minimum Gasteiger partial charge on any atom is -0.334 e. The van der Waals surface area contributed by atoms with E-state index in [4.69, 9.17) is 5.10 Å². The summed E-state index contributed by atoms with van der Waals surface area (Å²) in [7, 11) is 0. The molecule has 2 amide bonds. The lowest BCUT2D eigenvalue weighted by atomic mass is 9.96. The summed E-state index contributed by atoms with van der Waals surface area (Å²) in [6.07, 6.45) is 1.59. The summed E-state index contributed by atoms with van der Waals surface area (Å²) in [5, 5.41) is 10.2. The second kappa shape index (κ2) is 10.2. The number of carbonyl (C=O) groups is 1. The van der Waals surface area contributed by atoms with Crippen LogP contribution in [0.1, 0.15) is 42.6 Å². The molecule has 1 saturated heterocycles. The van der Waals surface area contributed by atoms with Gasteiger partial charge in [0.15, 0.2) is 0 Å². The third-order valence-corrected chi connectivity index (χ3v) is 6.90. The molecule has 0 radical (unpaired) electrons. The van der Waals surface area contributed by atoms with Gasteiger partial charge in [0.1, 0.15) is 5.82 Å². The van der Waals surface area contributed by atoms with Crippen molar-refractivity contribution in [1.29, 1.82) is 0 Å². The standard InChI is InChI=1S/C28H31N5O2/c1-2-32-26(30-33(28(32)35)20-21-9-4-3-5-10-21)23-15-17-31(18-16-23)27(34)29-19-24-13-8-12-22-11-6-7-14-25(22)24/h3-14,23H,2,15-20H2,1H3,(H,29,34). The summed E-state index contributed by atoms with van der Waals surface area (Å²) < 4.78 is 3.35. The smallest absolute Gasteiger partial charge is 0.334 e. The molecule has 35 heavy (non-hydrogen) atoms. The van der Waals surface area contributed by atoms with Gasteiger partial charge < -0.3 is 10.2 Å². The van der Waals surface area contributed by atoms with Crippen molar-refractivity contribution in [3.63, 3.8) is 0 Å². The van der Waals surface area contributed by atoms with Crippen LogP contribution in [-0.2, 0) is 19.6 Å². The van der Waals surface area contributed by atoms with Crippen LogP contribution in [0, 0.1) is 0 Å². The zero-order valence-corrected chi connectivity index (χ0v) is 20.1. The van der Waals surface area contributed by atoms with Crippen LogP contribution < -0.4 is 11.0 Å². The lowest BCUT2D eigenvalue weighted by Gasteiger charge is -2.31. The molecule has 1 aromatic heterocycles. The Bertz CT molecular complexity index is 1360. The monoisotopic (exact) mass is 469 g/mol. The third kappa shape index (κ3) is 4.85. The first-order valence-electron chi connectivity index (χ1n) is 12.3. The van der Waals surface area contributed by atoms with E-state index >= 15 is 0 Å². The van der Waals surface area contributed by atoms with Crippen LogP contribution in [0.3, 0.4) is 0 Å². The molecule has 1 aliphatic rings. The fourth-order valence-corrected chi connectivity index (χ4v) is 4.99. The molecule has 1 N–H and O–H groups in total. The topological polar surface area (TPSA) is 72.2 Å². The van der Waals surface area contributed by atoms with E-state index in [2.05, 4.69) is 29.6 Å². The van der Waals surface area contributed by atoms with E-state index in [1.54, 1.807) is 9.25 Å². The van der Waals surface area contributed by atoms with Gasteiger partial charge >= 0.3 is 11.7 Å². The summed E-state index contributed by atoms with van der Waals surface area (Å²) in [4.78, 5) is 27.7. The molecule has 180 valence electrons. The largest absolute Gasteiger partial charge is 0.346 e. The third-order valence-electron chi connectivity index (χ3n) is 6.90. The molecular formula is C28H31N5O2. The average Bonchev–Trinajstić information content (AvgIpc) is 3.22. The van der Waals surface area contributed by atoms with E-state index in [9.17, 15) is 9.59 Å². The summed E-state index contributed by atoms with van der Waals surface area (Å²) in [6, 6.07) is 24.3. The molecule has 5 rings (SSSR count). The first-order chi connectivity index (χ1) is 17.1. The number of hydrogen-bond donors (Lipinski definition) is 1. The number of carbonyl (C=O) groups excluding carboxylic acids is 1. The van der Waals surface area contributed by atoms with Crippen molar-refractivity contribution in [1.82, 2.24) is 24.6 Å². The summed E-state index contributed by atoms with van der Waals surface area (Å²) in [6.45, 7) is 4.84. The van der Waals surface area contributed by atoms with E-state index in [0.717, 1.165) is 35.2 Å². The summed E-state index contributed by atoms with van der Waals surface area (Å²) in [5.41, 5.74) is 2.10. The highest BCUT2D eigenvalue weighted by atomic mass is 16.2. The highest BCUT2D eigenvalue weighted by Gasteiger charge is 2.28. The number of rotatable bonds is 6. The van der Waals surface area contributed by atoms with Crippen molar-refractivity contribution in [2.75, 3.05) is 13.1 Å². The van der Waals surface area contributed by atoms with E-state index in [1.807, 2.05) is 60.4 Å². The Morgan fingerprint density at radius 2 is 1.69 bits per heavy atom.